The summed E-state index contributed by atoms with van der Waals surface area (Å²) in [5.41, 5.74) is 16.4. The predicted octanol–water partition coefficient (Wildman–Crippen LogP) is 15.9. The third kappa shape index (κ3) is 7.09. The number of nitrogens with zero attached hydrogens (tertiary/aromatic N) is 7. The number of hydrogen-bond donors (Lipinski definition) is 0. The van der Waals surface area contributed by atoms with Crippen LogP contribution in [0.25, 0.3) is 128 Å². The first-order valence-corrected chi connectivity index (χ1v) is 24.0. The molecule has 338 valence electrons. The van der Waals surface area contributed by atoms with Crippen molar-refractivity contribution in [1.82, 2.24) is 33.6 Å². The van der Waals surface area contributed by atoms with Gasteiger partial charge in [-0.1, -0.05) is 133 Å². The Balaban J connectivity index is 0.00000164. The lowest BCUT2D eigenvalue weighted by atomic mass is 10.0. The number of benzene rings is 8. The summed E-state index contributed by atoms with van der Waals surface area (Å²) in [6.07, 6.45) is 8.37. The maximum absolute atomic E-state index is 5.37. The SMILES string of the molecule is C#CC.c1ccc(-c2ccc3c(c2)c2cccnc2n3-c2ccc3c(c2)c2cc(-n4c5ccc(-c6ccccc6)cc5c5cccnc54)ccc2n3-c2nc(-c3ccccc3)cc(-c3ccccc3)n2)cc1. The lowest BCUT2D eigenvalue weighted by molar-refractivity contribution is 0.994. The molecular weight excluding hydrogens is 879 g/mol. The number of hydrogen-bond acceptors (Lipinski definition) is 4. The van der Waals surface area contributed by atoms with Gasteiger partial charge in [-0.25, -0.2) is 19.9 Å². The van der Waals surface area contributed by atoms with Crippen LogP contribution in [0.5, 0.6) is 0 Å². The second-order valence-electron chi connectivity index (χ2n) is 17.8. The summed E-state index contributed by atoms with van der Waals surface area (Å²) in [4.78, 5) is 20.8. The molecule has 0 aliphatic heterocycles. The highest BCUT2D eigenvalue weighted by molar-refractivity contribution is 6.14. The van der Waals surface area contributed by atoms with E-state index in [-0.39, 0.29) is 0 Å². The molecule has 0 aliphatic carbocycles. The fraction of sp³-hybridized carbons (Fsp3) is 0.0154. The molecule has 8 aromatic carbocycles. The van der Waals surface area contributed by atoms with E-state index in [0.29, 0.717) is 5.95 Å². The Morgan fingerprint density at radius 3 is 1.11 bits per heavy atom. The van der Waals surface area contributed by atoms with Crippen LogP contribution in [0.1, 0.15) is 6.92 Å². The first kappa shape index (κ1) is 42.2. The highest BCUT2D eigenvalue weighted by Crippen LogP contribution is 2.41. The molecule has 0 bridgehead atoms. The minimum Gasteiger partial charge on any atom is -0.294 e. The summed E-state index contributed by atoms with van der Waals surface area (Å²) in [7, 11) is 0. The summed E-state index contributed by atoms with van der Waals surface area (Å²) >= 11 is 0. The third-order valence-electron chi connectivity index (χ3n) is 13.6. The van der Waals surface area contributed by atoms with Gasteiger partial charge >= 0.3 is 0 Å². The quantitative estimate of drug-likeness (QED) is 0.149. The van der Waals surface area contributed by atoms with Crippen LogP contribution in [0.4, 0.5) is 0 Å². The van der Waals surface area contributed by atoms with Gasteiger partial charge in [0.2, 0.25) is 5.95 Å². The van der Waals surface area contributed by atoms with Crippen molar-refractivity contribution in [3.63, 3.8) is 0 Å². The molecule has 14 aromatic rings. The molecule has 7 nitrogen and oxygen atoms in total. The minimum absolute atomic E-state index is 0.592. The molecule has 0 saturated heterocycles. The van der Waals surface area contributed by atoms with Crippen molar-refractivity contribution >= 4 is 65.7 Å². The predicted molar refractivity (Wildman–Crippen MR) is 297 cm³/mol. The second-order valence-corrected chi connectivity index (χ2v) is 17.8. The van der Waals surface area contributed by atoms with E-state index in [0.717, 1.165) is 99.6 Å². The standard InChI is InChI=1S/C62H39N7.C3H4/c1-5-15-40(16-6-1)44-25-29-56-50(35-44)48-23-13-33-63-60(48)67(56)46-27-31-58-52(37-46)53-38-47(68-57-30-26-45(41-17-7-2-8-18-41)36-51(57)49-24-14-34-64-61(49)68)28-32-59(53)69(58)62-65-54(42-19-9-3-10-20-42)39-55(66-62)43-21-11-4-12-22-43;1-3-2/h1-39H;1H,2H3. The number of aromatic nitrogens is 7. The molecule has 6 aromatic heterocycles. The Labute approximate surface area is 415 Å². The summed E-state index contributed by atoms with van der Waals surface area (Å²) in [5, 5.41) is 6.63. The first-order valence-electron chi connectivity index (χ1n) is 24.0. The summed E-state index contributed by atoms with van der Waals surface area (Å²) in [6, 6.07) is 79.3. The molecule has 14 rings (SSSR count). The van der Waals surface area contributed by atoms with Crippen molar-refractivity contribution in [1.29, 1.82) is 0 Å². The van der Waals surface area contributed by atoms with Gasteiger partial charge in [-0.3, -0.25) is 13.7 Å². The van der Waals surface area contributed by atoms with Gasteiger partial charge in [0, 0.05) is 67.2 Å². The lowest BCUT2D eigenvalue weighted by Crippen LogP contribution is -2.04. The Kier molecular flexibility index (Phi) is 10.3. The number of rotatable bonds is 7. The van der Waals surface area contributed by atoms with Crippen molar-refractivity contribution in [3.05, 3.63) is 237 Å². The zero-order chi connectivity index (χ0) is 48.1. The monoisotopic (exact) mass is 921 g/mol. The highest BCUT2D eigenvalue weighted by atomic mass is 15.2. The van der Waals surface area contributed by atoms with Crippen LogP contribution in [0.2, 0.25) is 0 Å². The van der Waals surface area contributed by atoms with Crippen molar-refractivity contribution in [2.45, 2.75) is 6.92 Å². The van der Waals surface area contributed by atoms with Crippen molar-refractivity contribution in [2.24, 2.45) is 0 Å². The summed E-state index contributed by atoms with van der Waals surface area (Å²) in [6.45, 7) is 1.65. The molecule has 0 saturated carbocycles. The maximum Gasteiger partial charge on any atom is 0.235 e. The molecule has 0 radical (unpaired) electrons. The molecule has 7 heteroatoms. The Bertz CT molecular complexity index is 4120. The van der Waals surface area contributed by atoms with Crippen LogP contribution in [0.3, 0.4) is 0 Å². The molecular formula is C65H43N7. The van der Waals surface area contributed by atoms with Gasteiger partial charge in [0.05, 0.1) is 33.5 Å². The lowest BCUT2D eigenvalue weighted by Gasteiger charge is -2.12. The van der Waals surface area contributed by atoms with E-state index in [1.807, 2.05) is 36.7 Å². The molecule has 0 atom stereocenters. The largest absolute Gasteiger partial charge is 0.294 e. The topological polar surface area (TPSA) is 66.3 Å². The zero-order valence-corrected chi connectivity index (χ0v) is 39.2. The van der Waals surface area contributed by atoms with E-state index in [9.17, 15) is 0 Å². The van der Waals surface area contributed by atoms with E-state index >= 15 is 0 Å². The average Bonchev–Trinajstić information content (AvgIpc) is 4.08. The van der Waals surface area contributed by atoms with Gasteiger partial charge in [0.25, 0.3) is 0 Å². The van der Waals surface area contributed by atoms with Gasteiger partial charge in [0.1, 0.15) is 11.3 Å². The van der Waals surface area contributed by atoms with E-state index in [2.05, 4.69) is 226 Å². The minimum atomic E-state index is 0.592. The third-order valence-corrected chi connectivity index (χ3v) is 13.6. The zero-order valence-electron chi connectivity index (χ0n) is 39.2. The van der Waals surface area contributed by atoms with E-state index in [1.165, 1.54) is 22.3 Å². The van der Waals surface area contributed by atoms with Crippen LogP contribution in [0.15, 0.2) is 237 Å². The van der Waals surface area contributed by atoms with Gasteiger partial charge in [-0.05, 0) is 120 Å². The van der Waals surface area contributed by atoms with E-state index < -0.39 is 0 Å². The number of pyridine rings is 2. The van der Waals surface area contributed by atoms with Gasteiger partial charge in [0.15, 0.2) is 0 Å². The fourth-order valence-corrected chi connectivity index (χ4v) is 10.4. The molecule has 0 aliphatic rings. The Morgan fingerprint density at radius 2 is 0.694 bits per heavy atom. The van der Waals surface area contributed by atoms with Gasteiger partial charge in [-0.15, -0.1) is 12.3 Å². The molecule has 0 unspecified atom stereocenters. The molecule has 0 N–H and O–H groups in total. The Morgan fingerprint density at radius 1 is 0.333 bits per heavy atom. The average molecular weight is 922 g/mol. The second kappa shape index (κ2) is 17.6. The van der Waals surface area contributed by atoms with Crippen LogP contribution in [0, 0.1) is 12.3 Å². The Hall–Kier alpha value is -9.90. The van der Waals surface area contributed by atoms with Crippen LogP contribution in [-0.2, 0) is 0 Å². The van der Waals surface area contributed by atoms with Crippen LogP contribution in [-0.4, -0.2) is 33.6 Å². The van der Waals surface area contributed by atoms with Crippen molar-refractivity contribution in [2.75, 3.05) is 0 Å². The van der Waals surface area contributed by atoms with Gasteiger partial charge < -0.3 is 0 Å². The van der Waals surface area contributed by atoms with Crippen LogP contribution < -0.4 is 0 Å². The van der Waals surface area contributed by atoms with Crippen LogP contribution >= 0.6 is 0 Å². The number of fused-ring (bicyclic) bond motifs is 9. The highest BCUT2D eigenvalue weighted by Gasteiger charge is 2.22. The molecule has 0 spiro atoms. The first-order chi connectivity index (χ1) is 35.6. The fourth-order valence-electron chi connectivity index (χ4n) is 10.4. The summed E-state index contributed by atoms with van der Waals surface area (Å²) < 4.78 is 6.82. The van der Waals surface area contributed by atoms with Gasteiger partial charge in [-0.2, -0.15) is 0 Å². The van der Waals surface area contributed by atoms with E-state index in [4.69, 9.17) is 19.9 Å². The molecule has 6 heterocycles. The molecule has 72 heavy (non-hydrogen) atoms. The maximum atomic E-state index is 5.37. The smallest absolute Gasteiger partial charge is 0.235 e. The summed E-state index contributed by atoms with van der Waals surface area (Å²) in [5.74, 6) is 2.84. The van der Waals surface area contributed by atoms with Crippen molar-refractivity contribution < 1.29 is 0 Å². The molecule has 0 amide bonds. The van der Waals surface area contributed by atoms with E-state index in [1.54, 1.807) is 6.92 Å². The molecule has 0 fully saturated rings. The normalized spacial score (nSPS) is 11.4. The van der Waals surface area contributed by atoms with Crippen molar-refractivity contribution in [3.8, 4) is 74.4 Å². The number of terminal acetylenes is 1.